The molecule has 3 rings (SSSR count). The normalized spacial score (nSPS) is 12.4. The van der Waals surface area contributed by atoms with Crippen LogP contribution in [0.5, 0.6) is 23.0 Å². The molecule has 0 spiro atoms. The smallest absolute Gasteiger partial charge is 0.231 e. The van der Waals surface area contributed by atoms with E-state index >= 15 is 0 Å². The van der Waals surface area contributed by atoms with Crippen LogP contribution in [0.15, 0.2) is 42.5 Å². The molecule has 0 N–H and O–H groups in total. The van der Waals surface area contributed by atoms with Gasteiger partial charge in [-0.25, -0.2) is 0 Å². The number of benzene rings is 2. The number of methoxy groups -OCH3 is 2. The van der Waals surface area contributed by atoms with Crippen LogP contribution in [0.1, 0.15) is 15.9 Å². The lowest BCUT2D eigenvalue weighted by Gasteiger charge is -2.05. The van der Waals surface area contributed by atoms with Crippen LogP contribution >= 0.6 is 0 Å². The van der Waals surface area contributed by atoms with Gasteiger partial charge in [0, 0.05) is 5.56 Å². The molecule has 0 bridgehead atoms. The number of carbonyl (C=O) groups excluding carboxylic acids is 1. The highest BCUT2D eigenvalue weighted by Gasteiger charge is 2.19. The van der Waals surface area contributed by atoms with Crippen LogP contribution in [0, 0.1) is 0 Å². The molecule has 0 aliphatic carbocycles. The first-order valence-electron chi connectivity index (χ1n) is 7.05. The second-order valence-electron chi connectivity index (χ2n) is 4.88. The first-order chi connectivity index (χ1) is 11.2. The lowest BCUT2D eigenvalue weighted by atomic mass is 10.1. The number of ether oxygens (including phenoxy) is 4. The summed E-state index contributed by atoms with van der Waals surface area (Å²) >= 11 is 0. The summed E-state index contributed by atoms with van der Waals surface area (Å²) in [5, 5.41) is 0. The number of ketones is 1. The third kappa shape index (κ3) is 3.13. The van der Waals surface area contributed by atoms with E-state index in [1.807, 2.05) is 6.07 Å². The summed E-state index contributed by atoms with van der Waals surface area (Å²) in [4.78, 5) is 12.2. The van der Waals surface area contributed by atoms with Crippen molar-refractivity contribution < 1.29 is 23.7 Å². The van der Waals surface area contributed by atoms with E-state index in [9.17, 15) is 4.79 Å². The minimum Gasteiger partial charge on any atom is -0.497 e. The molecular formula is C18H16O5. The number of allylic oxidation sites excluding steroid dienone is 1. The van der Waals surface area contributed by atoms with Crippen LogP contribution in [-0.2, 0) is 0 Å². The molecule has 1 aliphatic heterocycles. The summed E-state index contributed by atoms with van der Waals surface area (Å²) in [7, 11) is 3.15. The maximum absolute atomic E-state index is 12.2. The van der Waals surface area contributed by atoms with Crippen LogP contribution in [0.2, 0.25) is 0 Å². The lowest BCUT2D eigenvalue weighted by Crippen LogP contribution is -1.94. The molecular weight excluding hydrogens is 296 g/mol. The van der Waals surface area contributed by atoms with Gasteiger partial charge in [-0.1, -0.05) is 6.08 Å². The van der Waals surface area contributed by atoms with E-state index in [1.165, 1.54) is 6.08 Å². The van der Waals surface area contributed by atoms with Gasteiger partial charge < -0.3 is 18.9 Å². The third-order valence-electron chi connectivity index (χ3n) is 3.48. The second-order valence-corrected chi connectivity index (χ2v) is 4.88. The molecule has 5 heteroatoms. The Morgan fingerprint density at radius 1 is 1.09 bits per heavy atom. The quantitative estimate of drug-likeness (QED) is 0.626. The van der Waals surface area contributed by atoms with Gasteiger partial charge in [-0.05, 0) is 48.0 Å². The highest BCUT2D eigenvalue weighted by molar-refractivity contribution is 6.06. The molecule has 0 aromatic heterocycles. The van der Waals surface area contributed by atoms with Gasteiger partial charge >= 0.3 is 0 Å². The average molecular weight is 312 g/mol. The van der Waals surface area contributed by atoms with Crippen LogP contribution in [0.4, 0.5) is 0 Å². The van der Waals surface area contributed by atoms with Crippen molar-refractivity contribution in [2.24, 2.45) is 0 Å². The summed E-state index contributed by atoms with van der Waals surface area (Å²) in [5.41, 5.74) is 1.39. The molecule has 0 fully saturated rings. The lowest BCUT2D eigenvalue weighted by molar-refractivity contribution is 0.104. The zero-order valence-electron chi connectivity index (χ0n) is 12.9. The summed E-state index contributed by atoms with van der Waals surface area (Å²) in [5.74, 6) is 2.40. The summed E-state index contributed by atoms with van der Waals surface area (Å²) in [6.45, 7) is 0.170. The number of fused-ring (bicyclic) bond motifs is 1. The Kier molecular flexibility index (Phi) is 4.19. The van der Waals surface area contributed by atoms with E-state index in [0.717, 1.165) is 5.56 Å². The fraction of sp³-hybridized carbons (Fsp3) is 0.167. The van der Waals surface area contributed by atoms with E-state index < -0.39 is 0 Å². The minimum atomic E-state index is -0.0933. The molecule has 1 heterocycles. The Labute approximate surface area is 134 Å². The topological polar surface area (TPSA) is 54.0 Å². The van der Waals surface area contributed by atoms with Crippen molar-refractivity contribution in [1.82, 2.24) is 0 Å². The predicted molar refractivity (Wildman–Crippen MR) is 85.5 cm³/mol. The molecule has 0 atom stereocenters. The van der Waals surface area contributed by atoms with E-state index in [4.69, 9.17) is 18.9 Å². The van der Waals surface area contributed by atoms with E-state index in [-0.39, 0.29) is 12.6 Å². The van der Waals surface area contributed by atoms with Gasteiger partial charge in [0.15, 0.2) is 17.3 Å². The van der Waals surface area contributed by atoms with Crippen molar-refractivity contribution in [3.05, 3.63) is 53.6 Å². The molecule has 1 aliphatic rings. The van der Waals surface area contributed by atoms with Crippen molar-refractivity contribution in [3.8, 4) is 23.0 Å². The molecule has 0 unspecified atom stereocenters. The van der Waals surface area contributed by atoms with Crippen molar-refractivity contribution in [3.63, 3.8) is 0 Å². The fourth-order valence-corrected chi connectivity index (χ4v) is 2.27. The van der Waals surface area contributed by atoms with Crippen molar-refractivity contribution in [2.75, 3.05) is 21.0 Å². The van der Waals surface area contributed by atoms with Gasteiger partial charge in [-0.3, -0.25) is 4.79 Å². The zero-order valence-corrected chi connectivity index (χ0v) is 12.9. The van der Waals surface area contributed by atoms with Crippen molar-refractivity contribution in [1.29, 1.82) is 0 Å². The first-order valence-corrected chi connectivity index (χ1v) is 7.05. The monoisotopic (exact) mass is 312 g/mol. The van der Waals surface area contributed by atoms with Gasteiger partial charge in [0.2, 0.25) is 12.5 Å². The standard InChI is InChI=1S/C18H16O5/c1-20-14-6-4-13(5-7-14)15(19)8-3-12-9-16(21-2)18-17(10-12)22-11-23-18/h3-10H,11H2,1-2H3. The molecule has 0 amide bonds. The summed E-state index contributed by atoms with van der Waals surface area (Å²) in [6.07, 6.45) is 3.23. The largest absolute Gasteiger partial charge is 0.497 e. The van der Waals surface area contributed by atoms with Gasteiger partial charge in [-0.15, -0.1) is 0 Å². The molecule has 0 saturated heterocycles. The Morgan fingerprint density at radius 3 is 2.57 bits per heavy atom. The number of hydrogen-bond acceptors (Lipinski definition) is 5. The van der Waals surface area contributed by atoms with Gasteiger partial charge in [0.1, 0.15) is 5.75 Å². The summed E-state index contributed by atoms with van der Waals surface area (Å²) < 4.78 is 21.1. The molecule has 23 heavy (non-hydrogen) atoms. The highest BCUT2D eigenvalue weighted by atomic mass is 16.7. The fourth-order valence-electron chi connectivity index (χ4n) is 2.27. The Morgan fingerprint density at radius 2 is 1.87 bits per heavy atom. The second kappa shape index (κ2) is 6.44. The Hall–Kier alpha value is -2.95. The average Bonchev–Trinajstić information content (AvgIpc) is 3.07. The first kappa shape index (κ1) is 15.0. The van der Waals surface area contributed by atoms with Gasteiger partial charge in [-0.2, -0.15) is 0 Å². The van der Waals surface area contributed by atoms with Crippen molar-refractivity contribution in [2.45, 2.75) is 0 Å². The van der Waals surface area contributed by atoms with Gasteiger partial charge in [0.25, 0.3) is 0 Å². The molecule has 0 saturated carbocycles. The van der Waals surface area contributed by atoms with E-state index in [2.05, 4.69) is 0 Å². The van der Waals surface area contributed by atoms with Crippen molar-refractivity contribution >= 4 is 11.9 Å². The maximum atomic E-state index is 12.2. The highest BCUT2D eigenvalue weighted by Crippen LogP contribution is 2.42. The maximum Gasteiger partial charge on any atom is 0.231 e. The predicted octanol–water partition coefficient (Wildman–Crippen LogP) is 3.33. The third-order valence-corrected chi connectivity index (χ3v) is 3.48. The summed E-state index contributed by atoms with van der Waals surface area (Å²) in [6, 6.07) is 10.6. The molecule has 2 aromatic rings. The van der Waals surface area contributed by atoms with Crippen LogP contribution in [-0.4, -0.2) is 26.8 Å². The number of rotatable bonds is 5. The molecule has 118 valence electrons. The molecule has 5 nitrogen and oxygen atoms in total. The minimum absolute atomic E-state index is 0.0933. The SMILES string of the molecule is COc1ccc(C(=O)C=Cc2cc(OC)c3c(c2)OCO3)cc1. The Bertz CT molecular complexity index is 747. The molecule has 0 radical (unpaired) electrons. The number of hydrogen-bond donors (Lipinski definition) is 0. The number of carbonyl (C=O) groups is 1. The molecule has 2 aromatic carbocycles. The van der Waals surface area contributed by atoms with E-state index in [0.29, 0.717) is 28.6 Å². The van der Waals surface area contributed by atoms with Crippen LogP contribution in [0.3, 0.4) is 0 Å². The van der Waals surface area contributed by atoms with E-state index in [1.54, 1.807) is 50.6 Å². The zero-order chi connectivity index (χ0) is 16.2. The van der Waals surface area contributed by atoms with Crippen LogP contribution in [0.25, 0.3) is 6.08 Å². The Balaban J connectivity index is 1.80. The van der Waals surface area contributed by atoms with Gasteiger partial charge in [0.05, 0.1) is 14.2 Å². The van der Waals surface area contributed by atoms with Crippen LogP contribution < -0.4 is 18.9 Å².